The van der Waals surface area contributed by atoms with Gasteiger partial charge in [-0.15, -0.1) is 10.2 Å². The molecule has 1 fully saturated rings. The summed E-state index contributed by atoms with van der Waals surface area (Å²) in [5.41, 5.74) is 3.30. The van der Waals surface area contributed by atoms with Gasteiger partial charge in [0.05, 0.1) is 5.69 Å². The van der Waals surface area contributed by atoms with E-state index >= 15 is 0 Å². The third kappa shape index (κ3) is 3.05. The first-order chi connectivity index (χ1) is 12.3. The van der Waals surface area contributed by atoms with Gasteiger partial charge in [0.25, 0.3) is 5.78 Å². The predicted octanol–water partition coefficient (Wildman–Crippen LogP) is 4.18. The van der Waals surface area contributed by atoms with Crippen molar-refractivity contribution in [1.29, 1.82) is 0 Å². The van der Waals surface area contributed by atoms with Gasteiger partial charge < -0.3 is 4.90 Å². The van der Waals surface area contributed by atoms with E-state index in [2.05, 4.69) is 52.9 Å². The van der Waals surface area contributed by atoms with Gasteiger partial charge in [0.15, 0.2) is 0 Å². The van der Waals surface area contributed by atoms with Gasteiger partial charge in [0.1, 0.15) is 12.1 Å². The Morgan fingerprint density at radius 1 is 1.28 bits per heavy atom. The molecule has 5 heteroatoms. The Hall–Kier alpha value is -2.95. The fourth-order valence-electron chi connectivity index (χ4n) is 3.06. The van der Waals surface area contributed by atoms with Crippen LogP contribution in [-0.4, -0.2) is 26.1 Å². The van der Waals surface area contributed by atoms with E-state index in [1.165, 1.54) is 12.8 Å². The molecule has 0 radical (unpaired) electrons. The van der Waals surface area contributed by atoms with Crippen LogP contribution < -0.4 is 4.90 Å². The Bertz CT molecular complexity index is 922. The summed E-state index contributed by atoms with van der Waals surface area (Å²) in [6.45, 7) is 6.86. The second kappa shape index (κ2) is 6.51. The molecule has 2 aromatic heterocycles. The molecule has 5 nitrogen and oxygen atoms in total. The molecule has 1 aromatic carbocycles. The van der Waals surface area contributed by atoms with Crippen LogP contribution in [0.1, 0.15) is 24.1 Å². The van der Waals surface area contributed by atoms with Crippen LogP contribution in [-0.2, 0) is 0 Å². The van der Waals surface area contributed by atoms with Gasteiger partial charge in [-0.3, -0.25) is 4.40 Å². The fraction of sp³-hybridized carbons (Fsp3) is 0.250. The van der Waals surface area contributed by atoms with E-state index in [1.54, 1.807) is 12.4 Å². The Morgan fingerprint density at radius 3 is 2.80 bits per heavy atom. The maximum Gasteiger partial charge on any atom is 0.257 e. The lowest BCUT2D eigenvalue weighted by molar-refractivity contribution is 0.799. The van der Waals surface area contributed by atoms with Gasteiger partial charge >= 0.3 is 0 Å². The molecule has 3 aromatic rings. The van der Waals surface area contributed by atoms with Gasteiger partial charge in [-0.05, 0) is 43.9 Å². The van der Waals surface area contributed by atoms with Crippen LogP contribution >= 0.6 is 0 Å². The standard InChI is InChI=1S/C20H21N5/c1-3-4-10-18-15(2)19(22-20-23-21-14-25(18)20)24(13-16-11-12-16)17-8-6-5-7-9-17/h3-10,14,16H,1,11-13H2,2H3/b10-4-. The molecule has 0 unspecified atom stereocenters. The molecule has 0 bridgehead atoms. The van der Waals surface area contributed by atoms with Crippen LogP contribution in [0.15, 0.2) is 55.4 Å². The summed E-state index contributed by atoms with van der Waals surface area (Å²) >= 11 is 0. The van der Waals surface area contributed by atoms with Gasteiger partial charge in [0, 0.05) is 17.8 Å². The first-order valence-electron chi connectivity index (χ1n) is 8.60. The minimum Gasteiger partial charge on any atom is -0.326 e. The zero-order valence-electron chi connectivity index (χ0n) is 14.3. The lowest BCUT2D eigenvalue weighted by Gasteiger charge is -2.26. The summed E-state index contributed by atoms with van der Waals surface area (Å²) in [4.78, 5) is 7.13. The van der Waals surface area contributed by atoms with Crippen LogP contribution in [0.4, 0.5) is 11.5 Å². The van der Waals surface area contributed by atoms with Crippen molar-refractivity contribution in [2.45, 2.75) is 19.8 Å². The van der Waals surface area contributed by atoms with Gasteiger partial charge in [0.2, 0.25) is 0 Å². The summed E-state index contributed by atoms with van der Waals surface area (Å²) in [5, 5.41) is 8.21. The summed E-state index contributed by atoms with van der Waals surface area (Å²) < 4.78 is 1.92. The lowest BCUT2D eigenvalue weighted by atomic mass is 10.1. The van der Waals surface area contributed by atoms with Crippen molar-refractivity contribution in [2.75, 3.05) is 11.4 Å². The summed E-state index contributed by atoms with van der Waals surface area (Å²) in [7, 11) is 0. The zero-order valence-corrected chi connectivity index (χ0v) is 14.3. The third-order valence-corrected chi connectivity index (χ3v) is 4.57. The fourth-order valence-corrected chi connectivity index (χ4v) is 3.06. The number of anilines is 2. The van der Waals surface area contributed by atoms with Crippen LogP contribution in [0, 0.1) is 12.8 Å². The van der Waals surface area contributed by atoms with Crippen molar-refractivity contribution in [2.24, 2.45) is 5.92 Å². The number of nitrogens with zero attached hydrogens (tertiary/aromatic N) is 5. The molecule has 1 saturated carbocycles. The minimum atomic E-state index is 0.612. The summed E-state index contributed by atoms with van der Waals surface area (Å²) in [6, 6.07) is 10.4. The molecule has 0 spiro atoms. The van der Waals surface area contributed by atoms with Crippen molar-refractivity contribution in [3.8, 4) is 0 Å². The maximum atomic E-state index is 4.82. The van der Waals surface area contributed by atoms with Crippen LogP contribution in [0.2, 0.25) is 0 Å². The Labute approximate surface area is 147 Å². The SMILES string of the molecule is C=C/C=C\c1c(C)c(N(CC2CC2)c2ccccc2)nc2nncn12. The van der Waals surface area contributed by atoms with Crippen molar-refractivity contribution in [1.82, 2.24) is 19.6 Å². The normalized spacial score (nSPS) is 14.3. The first kappa shape index (κ1) is 15.6. The summed E-state index contributed by atoms with van der Waals surface area (Å²) in [6.07, 6.45) is 10.0. The highest BCUT2D eigenvalue weighted by Gasteiger charge is 2.27. The number of benzene rings is 1. The number of hydrogen-bond donors (Lipinski definition) is 0. The number of fused-ring (bicyclic) bond motifs is 1. The molecule has 0 saturated heterocycles. The molecule has 0 amide bonds. The van der Waals surface area contributed by atoms with E-state index in [1.807, 2.05) is 22.6 Å². The largest absolute Gasteiger partial charge is 0.326 e. The maximum absolute atomic E-state index is 4.82. The number of hydrogen-bond acceptors (Lipinski definition) is 4. The molecule has 0 aliphatic heterocycles. The molecule has 2 heterocycles. The third-order valence-electron chi connectivity index (χ3n) is 4.57. The highest BCUT2D eigenvalue weighted by Crippen LogP contribution is 2.36. The van der Waals surface area contributed by atoms with E-state index in [0.29, 0.717) is 5.78 Å². The van der Waals surface area contributed by atoms with Crippen LogP contribution in [0.3, 0.4) is 0 Å². The van der Waals surface area contributed by atoms with Gasteiger partial charge in [-0.1, -0.05) is 36.9 Å². The molecular weight excluding hydrogens is 310 g/mol. The van der Waals surface area contributed by atoms with Crippen molar-refractivity contribution < 1.29 is 0 Å². The quantitative estimate of drug-likeness (QED) is 0.636. The van der Waals surface area contributed by atoms with Crippen molar-refractivity contribution in [3.05, 3.63) is 66.6 Å². The average Bonchev–Trinajstić information content (AvgIpc) is 3.35. The highest BCUT2D eigenvalue weighted by atomic mass is 15.3. The smallest absolute Gasteiger partial charge is 0.257 e. The molecule has 25 heavy (non-hydrogen) atoms. The van der Waals surface area contributed by atoms with Gasteiger partial charge in [-0.2, -0.15) is 4.98 Å². The molecule has 1 aliphatic rings. The van der Waals surface area contributed by atoms with Crippen LogP contribution in [0.5, 0.6) is 0 Å². The topological polar surface area (TPSA) is 46.3 Å². The average molecular weight is 331 g/mol. The molecule has 0 N–H and O–H groups in total. The van der Waals surface area contributed by atoms with E-state index in [-0.39, 0.29) is 0 Å². The Balaban J connectivity index is 1.89. The number of aromatic nitrogens is 4. The number of para-hydroxylation sites is 1. The molecular formula is C20H21N5. The van der Waals surface area contributed by atoms with Gasteiger partial charge in [-0.25, -0.2) is 0 Å². The molecule has 4 rings (SSSR count). The highest BCUT2D eigenvalue weighted by molar-refractivity contribution is 5.69. The summed E-state index contributed by atoms with van der Waals surface area (Å²) in [5.74, 6) is 2.30. The van der Waals surface area contributed by atoms with E-state index in [0.717, 1.165) is 35.2 Å². The predicted molar refractivity (Wildman–Crippen MR) is 101 cm³/mol. The molecule has 126 valence electrons. The second-order valence-electron chi connectivity index (χ2n) is 6.43. The van der Waals surface area contributed by atoms with Crippen molar-refractivity contribution >= 4 is 23.4 Å². The molecule has 0 atom stereocenters. The zero-order chi connectivity index (χ0) is 17.2. The Morgan fingerprint density at radius 2 is 2.08 bits per heavy atom. The molecule has 1 aliphatic carbocycles. The number of rotatable bonds is 6. The number of allylic oxidation sites excluding steroid dienone is 2. The van der Waals surface area contributed by atoms with Crippen LogP contribution in [0.25, 0.3) is 11.9 Å². The lowest BCUT2D eigenvalue weighted by Crippen LogP contribution is -2.23. The van der Waals surface area contributed by atoms with E-state index in [9.17, 15) is 0 Å². The Kier molecular flexibility index (Phi) is 4.06. The van der Waals surface area contributed by atoms with E-state index in [4.69, 9.17) is 4.98 Å². The first-order valence-corrected chi connectivity index (χ1v) is 8.60. The van der Waals surface area contributed by atoms with E-state index < -0.39 is 0 Å². The minimum absolute atomic E-state index is 0.612. The van der Waals surface area contributed by atoms with Crippen molar-refractivity contribution in [3.63, 3.8) is 0 Å². The monoisotopic (exact) mass is 331 g/mol. The second-order valence-corrected chi connectivity index (χ2v) is 6.43.